The van der Waals surface area contributed by atoms with Gasteiger partial charge in [-0.2, -0.15) is 0 Å². The van der Waals surface area contributed by atoms with Crippen LogP contribution in [-0.4, -0.2) is 28.8 Å². The van der Waals surface area contributed by atoms with E-state index >= 15 is 0 Å². The third-order valence-corrected chi connectivity index (χ3v) is 5.96. The van der Waals surface area contributed by atoms with Crippen LogP contribution in [0.25, 0.3) is 0 Å². The molecule has 0 spiro atoms. The van der Waals surface area contributed by atoms with E-state index in [1.807, 2.05) is 51.1 Å². The van der Waals surface area contributed by atoms with Crippen molar-refractivity contribution in [2.75, 3.05) is 0 Å². The molecule has 0 saturated carbocycles. The summed E-state index contributed by atoms with van der Waals surface area (Å²) >= 11 is 12.7. The third-order valence-electron chi connectivity index (χ3n) is 5.25. The zero-order chi connectivity index (χ0) is 22.1. The quantitative estimate of drug-likeness (QED) is 0.510. The van der Waals surface area contributed by atoms with Crippen molar-refractivity contribution in [3.05, 3.63) is 69.7 Å². The Hall–Kier alpha value is -2.04. The Balaban J connectivity index is 2.27. The van der Waals surface area contributed by atoms with Gasteiger partial charge in [-0.05, 0) is 43.9 Å². The van der Waals surface area contributed by atoms with Crippen LogP contribution >= 0.6 is 23.2 Å². The lowest BCUT2D eigenvalue weighted by atomic mass is 10.1. The lowest BCUT2D eigenvalue weighted by Gasteiger charge is -2.32. The molecule has 4 nitrogen and oxygen atoms in total. The maximum absolute atomic E-state index is 13.3. The average molecular weight is 449 g/mol. The molecule has 0 radical (unpaired) electrons. The summed E-state index contributed by atoms with van der Waals surface area (Å²) in [6.07, 6.45) is 2.23. The SMILES string of the molecule is CC[C@@H](C)NC(=O)[C@H](CC)N(Cc1c(Cl)cccc1Cl)C(=O)CCc1ccccc1. The van der Waals surface area contributed by atoms with Crippen LogP contribution < -0.4 is 5.32 Å². The van der Waals surface area contributed by atoms with Crippen LogP contribution in [-0.2, 0) is 22.6 Å². The van der Waals surface area contributed by atoms with E-state index in [4.69, 9.17) is 23.2 Å². The summed E-state index contributed by atoms with van der Waals surface area (Å²) in [5.41, 5.74) is 1.74. The molecule has 0 aliphatic rings. The van der Waals surface area contributed by atoms with E-state index in [0.29, 0.717) is 34.9 Å². The van der Waals surface area contributed by atoms with E-state index in [0.717, 1.165) is 12.0 Å². The first-order valence-corrected chi connectivity index (χ1v) is 11.2. The molecule has 0 unspecified atom stereocenters. The maximum atomic E-state index is 13.3. The molecule has 6 heteroatoms. The fraction of sp³-hybridized carbons (Fsp3) is 0.417. The molecule has 2 rings (SSSR count). The molecule has 0 aromatic heterocycles. The topological polar surface area (TPSA) is 49.4 Å². The van der Waals surface area contributed by atoms with E-state index in [1.165, 1.54) is 0 Å². The number of nitrogens with one attached hydrogen (secondary N) is 1. The normalized spacial score (nSPS) is 12.8. The number of carbonyl (C=O) groups excluding carboxylic acids is 2. The Kier molecular flexibility index (Phi) is 9.67. The van der Waals surface area contributed by atoms with Gasteiger partial charge in [0.05, 0.1) is 0 Å². The smallest absolute Gasteiger partial charge is 0.243 e. The molecule has 0 heterocycles. The van der Waals surface area contributed by atoms with Crippen molar-refractivity contribution in [3.63, 3.8) is 0 Å². The van der Waals surface area contributed by atoms with E-state index in [9.17, 15) is 9.59 Å². The molecular weight excluding hydrogens is 419 g/mol. The predicted octanol–water partition coefficient (Wildman–Crippen LogP) is 5.65. The number of carbonyl (C=O) groups is 2. The predicted molar refractivity (Wildman–Crippen MR) is 124 cm³/mol. The van der Waals surface area contributed by atoms with Gasteiger partial charge in [0.2, 0.25) is 11.8 Å². The second-order valence-electron chi connectivity index (χ2n) is 7.45. The van der Waals surface area contributed by atoms with Crippen LogP contribution in [0.4, 0.5) is 0 Å². The molecular formula is C24H30Cl2N2O2. The first kappa shape index (κ1) is 24.2. The molecule has 30 heavy (non-hydrogen) atoms. The molecule has 0 aliphatic carbocycles. The Labute approximate surface area is 189 Å². The van der Waals surface area contributed by atoms with E-state index in [2.05, 4.69) is 5.32 Å². The lowest BCUT2D eigenvalue weighted by molar-refractivity contribution is -0.141. The van der Waals surface area contributed by atoms with Gasteiger partial charge in [-0.3, -0.25) is 9.59 Å². The van der Waals surface area contributed by atoms with Crippen molar-refractivity contribution in [1.29, 1.82) is 0 Å². The van der Waals surface area contributed by atoms with E-state index in [-0.39, 0.29) is 24.4 Å². The first-order valence-electron chi connectivity index (χ1n) is 10.4. The highest BCUT2D eigenvalue weighted by Crippen LogP contribution is 2.27. The molecule has 0 saturated heterocycles. The van der Waals surface area contributed by atoms with Crippen molar-refractivity contribution in [1.82, 2.24) is 10.2 Å². The van der Waals surface area contributed by atoms with Crippen LogP contribution in [0.2, 0.25) is 10.0 Å². The number of aryl methyl sites for hydroxylation is 1. The summed E-state index contributed by atoms with van der Waals surface area (Å²) in [4.78, 5) is 27.8. The first-order chi connectivity index (χ1) is 14.4. The van der Waals surface area contributed by atoms with Gasteiger partial charge in [0.15, 0.2) is 0 Å². The van der Waals surface area contributed by atoms with Gasteiger partial charge in [0, 0.05) is 34.6 Å². The van der Waals surface area contributed by atoms with Gasteiger partial charge in [0.25, 0.3) is 0 Å². The van der Waals surface area contributed by atoms with Crippen molar-refractivity contribution >= 4 is 35.0 Å². The molecule has 2 aromatic rings. The molecule has 1 N–H and O–H groups in total. The Bertz CT molecular complexity index is 822. The summed E-state index contributed by atoms with van der Waals surface area (Å²) in [6.45, 7) is 6.07. The van der Waals surface area contributed by atoms with Gasteiger partial charge in [-0.1, -0.05) is 73.4 Å². The lowest BCUT2D eigenvalue weighted by Crippen LogP contribution is -2.50. The molecule has 0 aliphatic heterocycles. The average Bonchev–Trinajstić information content (AvgIpc) is 2.74. The highest BCUT2D eigenvalue weighted by molar-refractivity contribution is 6.36. The standard InChI is InChI=1S/C24H30Cl2N2O2/c1-4-17(3)27-24(30)22(5-2)28(16-19-20(25)12-9-13-21(19)26)23(29)15-14-18-10-7-6-8-11-18/h6-13,17,22H,4-5,14-16H2,1-3H3,(H,27,30)/t17-,22+/m1/s1. The molecule has 2 aromatic carbocycles. The number of halogens is 2. The fourth-order valence-electron chi connectivity index (χ4n) is 3.25. The Morgan fingerprint density at radius 3 is 2.17 bits per heavy atom. The third kappa shape index (κ3) is 6.75. The zero-order valence-electron chi connectivity index (χ0n) is 17.8. The highest BCUT2D eigenvalue weighted by atomic mass is 35.5. The Morgan fingerprint density at radius 1 is 0.967 bits per heavy atom. The molecule has 2 amide bonds. The van der Waals surface area contributed by atoms with Crippen molar-refractivity contribution in [2.24, 2.45) is 0 Å². The summed E-state index contributed by atoms with van der Waals surface area (Å²) in [6, 6.07) is 14.6. The monoisotopic (exact) mass is 448 g/mol. The number of benzene rings is 2. The number of nitrogens with zero attached hydrogens (tertiary/aromatic N) is 1. The zero-order valence-corrected chi connectivity index (χ0v) is 19.3. The van der Waals surface area contributed by atoms with Gasteiger partial charge in [0.1, 0.15) is 6.04 Å². The van der Waals surface area contributed by atoms with Crippen LogP contribution in [0, 0.1) is 0 Å². The van der Waals surface area contributed by atoms with Gasteiger partial charge < -0.3 is 10.2 Å². The Morgan fingerprint density at radius 2 is 1.60 bits per heavy atom. The molecule has 2 atom stereocenters. The number of hydrogen-bond donors (Lipinski definition) is 1. The van der Waals surface area contributed by atoms with Crippen LogP contribution in [0.15, 0.2) is 48.5 Å². The van der Waals surface area contributed by atoms with Crippen molar-refractivity contribution in [2.45, 2.75) is 65.1 Å². The largest absolute Gasteiger partial charge is 0.352 e. The second-order valence-corrected chi connectivity index (χ2v) is 8.26. The summed E-state index contributed by atoms with van der Waals surface area (Å²) in [5, 5.41) is 3.98. The van der Waals surface area contributed by atoms with Crippen LogP contribution in [0.3, 0.4) is 0 Å². The van der Waals surface area contributed by atoms with Crippen molar-refractivity contribution in [3.8, 4) is 0 Å². The van der Waals surface area contributed by atoms with Crippen LogP contribution in [0.1, 0.15) is 51.2 Å². The fourth-order valence-corrected chi connectivity index (χ4v) is 3.77. The second kappa shape index (κ2) is 12.0. The number of amides is 2. The van der Waals surface area contributed by atoms with E-state index < -0.39 is 6.04 Å². The van der Waals surface area contributed by atoms with Gasteiger partial charge in [-0.25, -0.2) is 0 Å². The number of hydrogen-bond acceptors (Lipinski definition) is 2. The molecule has 0 bridgehead atoms. The van der Waals surface area contributed by atoms with Gasteiger partial charge >= 0.3 is 0 Å². The summed E-state index contributed by atoms with van der Waals surface area (Å²) in [7, 11) is 0. The molecule has 0 fully saturated rings. The minimum atomic E-state index is -0.588. The highest BCUT2D eigenvalue weighted by Gasteiger charge is 2.30. The maximum Gasteiger partial charge on any atom is 0.243 e. The summed E-state index contributed by atoms with van der Waals surface area (Å²) < 4.78 is 0. The van der Waals surface area contributed by atoms with Crippen LogP contribution in [0.5, 0.6) is 0 Å². The van der Waals surface area contributed by atoms with Crippen molar-refractivity contribution < 1.29 is 9.59 Å². The minimum Gasteiger partial charge on any atom is -0.352 e. The van der Waals surface area contributed by atoms with Gasteiger partial charge in [-0.15, -0.1) is 0 Å². The summed E-state index contributed by atoms with van der Waals surface area (Å²) in [5.74, 6) is -0.246. The van der Waals surface area contributed by atoms with E-state index in [1.54, 1.807) is 23.1 Å². The number of rotatable bonds is 10. The minimum absolute atomic E-state index is 0.0386. The molecule has 162 valence electrons.